The van der Waals surface area contributed by atoms with Crippen LogP contribution in [0.1, 0.15) is 41.6 Å². The Labute approximate surface area is 256 Å². The molecule has 10 heteroatoms. The zero-order valence-corrected chi connectivity index (χ0v) is 25.2. The highest BCUT2D eigenvalue weighted by Gasteiger charge is 2.31. The first-order valence-corrected chi connectivity index (χ1v) is 15.7. The van der Waals surface area contributed by atoms with Crippen LogP contribution < -0.4 is 10.0 Å². The van der Waals surface area contributed by atoms with E-state index < -0.39 is 21.9 Å². The predicted octanol–water partition coefficient (Wildman–Crippen LogP) is 5.80. The number of nitrogens with zero attached hydrogens (tertiary/aromatic N) is 1. The predicted molar refractivity (Wildman–Crippen MR) is 165 cm³/mol. The SMILES string of the molecule is CCNS(=O)(=O)c1ccc(CCC(=O)N(Cc2ccc(F)cc2)[C@H](C(=O)NCc2ccccc2Cl)c2ccccc2)cc1. The summed E-state index contributed by atoms with van der Waals surface area (Å²) in [6, 6.07) is 27.4. The lowest BCUT2D eigenvalue weighted by molar-refractivity contribution is -0.141. The van der Waals surface area contributed by atoms with E-state index in [9.17, 15) is 22.4 Å². The summed E-state index contributed by atoms with van der Waals surface area (Å²) < 4.78 is 40.7. The maximum absolute atomic E-state index is 13.9. The standard InChI is InChI=1S/C33H33ClFN3O4S/c1-2-37-43(41,42)29-19-14-24(15-20-29)16-21-31(39)38(23-25-12-17-28(35)18-13-25)32(26-8-4-3-5-9-26)33(40)36-22-27-10-6-7-11-30(27)34/h3-15,17-20,32,37H,2,16,21-23H2,1H3,(H,36,40)/t32-/m0/s1. The third kappa shape index (κ3) is 8.73. The quantitative estimate of drug-likeness (QED) is 0.197. The molecule has 2 N–H and O–H groups in total. The molecule has 4 aromatic rings. The molecular formula is C33H33ClFN3O4S. The Morgan fingerprint density at radius 2 is 1.49 bits per heavy atom. The van der Waals surface area contributed by atoms with Gasteiger partial charge >= 0.3 is 0 Å². The van der Waals surface area contributed by atoms with Gasteiger partial charge in [0.25, 0.3) is 0 Å². The van der Waals surface area contributed by atoms with Gasteiger partial charge in [0.1, 0.15) is 11.9 Å². The number of halogens is 2. The molecule has 0 aliphatic carbocycles. The lowest BCUT2D eigenvalue weighted by Gasteiger charge is -2.32. The minimum absolute atomic E-state index is 0.0572. The van der Waals surface area contributed by atoms with Gasteiger partial charge in [-0.1, -0.05) is 91.3 Å². The van der Waals surface area contributed by atoms with Crippen molar-refractivity contribution in [1.29, 1.82) is 0 Å². The van der Waals surface area contributed by atoms with E-state index in [4.69, 9.17) is 11.6 Å². The topological polar surface area (TPSA) is 95.6 Å². The van der Waals surface area contributed by atoms with Crippen LogP contribution in [0.15, 0.2) is 108 Å². The molecular weight excluding hydrogens is 589 g/mol. The number of aryl methyl sites for hydroxylation is 1. The Morgan fingerprint density at radius 3 is 2.14 bits per heavy atom. The molecule has 43 heavy (non-hydrogen) atoms. The van der Waals surface area contributed by atoms with Gasteiger partial charge in [0.15, 0.2) is 0 Å². The van der Waals surface area contributed by atoms with Crippen LogP contribution in [0.4, 0.5) is 4.39 Å². The summed E-state index contributed by atoms with van der Waals surface area (Å²) in [6.45, 7) is 2.21. The molecule has 0 spiro atoms. The van der Waals surface area contributed by atoms with Gasteiger partial charge in [0.05, 0.1) is 4.90 Å². The van der Waals surface area contributed by atoms with E-state index in [-0.39, 0.29) is 42.8 Å². The minimum atomic E-state index is -3.59. The largest absolute Gasteiger partial charge is 0.350 e. The Kier molecular flexibility index (Phi) is 11.1. The lowest BCUT2D eigenvalue weighted by Crippen LogP contribution is -2.43. The summed E-state index contributed by atoms with van der Waals surface area (Å²) >= 11 is 6.30. The van der Waals surface area contributed by atoms with Crippen LogP contribution in [0.25, 0.3) is 0 Å². The van der Waals surface area contributed by atoms with Crippen LogP contribution >= 0.6 is 11.6 Å². The summed E-state index contributed by atoms with van der Waals surface area (Å²) in [4.78, 5) is 29.3. The van der Waals surface area contributed by atoms with Gasteiger partial charge in [-0.2, -0.15) is 0 Å². The summed E-state index contributed by atoms with van der Waals surface area (Å²) in [7, 11) is -3.59. The number of amides is 2. The number of hydrogen-bond acceptors (Lipinski definition) is 4. The van der Waals surface area contributed by atoms with Gasteiger partial charge < -0.3 is 10.2 Å². The van der Waals surface area contributed by atoms with Crippen molar-refractivity contribution in [3.63, 3.8) is 0 Å². The fourth-order valence-electron chi connectivity index (χ4n) is 4.64. The van der Waals surface area contributed by atoms with E-state index in [2.05, 4.69) is 10.0 Å². The van der Waals surface area contributed by atoms with E-state index in [1.165, 1.54) is 29.2 Å². The molecule has 0 saturated heterocycles. The fourth-order valence-corrected chi connectivity index (χ4v) is 5.89. The number of rotatable bonds is 13. The second-order valence-electron chi connectivity index (χ2n) is 9.92. The first-order chi connectivity index (χ1) is 20.7. The van der Waals surface area contributed by atoms with Crippen LogP contribution in [0.5, 0.6) is 0 Å². The molecule has 0 saturated carbocycles. The number of hydrogen-bond donors (Lipinski definition) is 2. The monoisotopic (exact) mass is 621 g/mol. The van der Waals surface area contributed by atoms with Crippen molar-refractivity contribution in [1.82, 2.24) is 14.9 Å². The molecule has 0 heterocycles. The Morgan fingerprint density at radius 1 is 0.860 bits per heavy atom. The summed E-state index contributed by atoms with van der Waals surface area (Å²) in [5.41, 5.74) is 2.78. The molecule has 4 aromatic carbocycles. The molecule has 4 rings (SSSR count). The molecule has 0 bridgehead atoms. The van der Waals surface area contributed by atoms with E-state index >= 15 is 0 Å². The van der Waals surface area contributed by atoms with Gasteiger partial charge in [-0.3, -0.25) is 9.59 Å². The first kappa shape index (κ1) is 31.9. The first-order valence-electron chi connectivity index (χ1n) is 13.9. The van der Waals surface area contributed by atoms with Crippen LogP contribution in [-0.4, -0.2) is 31.7 Å². The van der Waals surface area contributed by atoms with Gasteiger partial charge in [-0.25, -0.2) is 17.5 Å². The Hall–Kier alpha value is -4.05. The minimum Gasteiger partial charge on any atom is -0.350 e. The number of carbonyl (C=O) groups excluding carboxylic acids is 2. The number of nitrogens with one attached hydrogen (secondary N) is 2. The molecule has 0 unspecified atom stereocenters. The van der Waals surface area contributed by atoms with Crippen LogP contribution in [0.3, 0.4) is 0 Å². The molecule has 1 atom stereocenters. The molecule has 224 valence electrons. The average molecular weight is 622 g/mol. The van der Waals surface area contributed by atoms with Crippen molar-refractivity contribution in [3.05, 3.63) is 136 Å². The van der Waals surface area contributed by atoms with Crippen LogP contribution in [-0.2, 0) is 39.1 Å². The molecule has 2 amide bonds. The Bertz CT molecular complexity index is 1630. The maximum Gasteiger partial charge on any atom is 0.247 e. The maximum atomic E-state index is 13.9. The van der Waals surface area contributed by atoms with E-state index in [1.807, 2.05) is 18.2 Å². The number of benzene rings is 4. The average Bonchev–Trinajstić information content (AvgIpc) is 3.01. The smallest absolute Gasteiger partial charge is 0.247 e. The van der Waals surface area contributed by atoms with Gasteiger partial charge in [-0.05, 0) is 59.0 Å². The van der Waals surface area contributed by atoms with Crippen molar-refractivity contribution in [2.24, 2.45) is 0 Å². The third-order valence-electron chi connectivity index (χ3n) is 6.87. The second-order valence-corrected chi connectivity index (χ2v) is 12.1. The van der Waals surface area contributed by atoms with Crippen molar-refractivity contribution in [2.45, 2.75) is 43.8 Å². The van der Waals surface area contributed by atoms with Crippen molar-refractivity contribution < 1.29 is 22.4 Å². The molecule has 0 aliphatic rings. The van der Waals surface area contributed by atoms with Crippen molar-refractivity contribution in [2.75, 3.05) is 6.54 Å². The van der Waals surface area contributed by atoms with E-state index in [0.717, 1.165) is 11.1 Å². The van der Waals surface area contributed by atoms with Crippen LogP contribution in [0, 0.1) is 5.82 Å². The number of carbonyl (C=O) groups is 2. The summed E-state index contributed by atoms with van der Waals surface area (Å²) in [5.74, 6) is -1.09. The molecule has 0 aliphatic heterocycles. The third-order valence-corrected chi connectivity index (χ3v) is 8.80. The highest BCUT2D eigenvalue weighted by molar-refractivity contribution is 7.89. The zero-order chi connectivity index (χ0) is 30.8. The van der Waals surface area contributed by atoms with Crippen molar-refractivity contribution >= 4 is 33.4 Å². The molecule has 0 fully saturated rings. The summed E-state index contributed by atoms with van der Waals surface area (Å²) in [6.07, 6.45) is 0.380. The van der Waals surface area contributed by atoms with E-state index in [1.54, 1.807) is 67.6 Å². The van der Waals surface area contributed by atoms with Gasteiger partial charge in [0, 0.05) is 31.1 Å². The highest BCUT2D eigenvalue weighted by atomic mass is 35.5. The number of sulfonamides is 1. The molecule has 7 nitrogen and oxygen atoms in total. The van der Waals surface area contributed by atoms with E-state index in [0.29, 0.717) is 22.6 Å². The fraction of sp³-hybridized carbons (Fsp3) is 0.212. The Balaban J connectivity index is 1.60. The highest BCUT2D eigenvalue weighted by Crippen LogP contribution is 2.26. The zero-order valence-electron chi connectivity index (χ0n) is 23.7. The van der Waals surface area contributed by atoms with Crippen molar-refractivity contribution in [3.8, 4) is 0 Å². The van der Waals surface area contributed by atoms with Crippen LogP contribution in [0.2, 0.25) is 5.02 Å². The molecule has 0 radical (unpaired) electrons. The van der Waals surface area contributed by atoms with Gasteiger partial charge in [-0.15, -0.1) is 0 Å². The molecule has 0 aromatic heterocycles. The summed E-state index contributed by atoms with van der Waals surface area (Å²) in [5, 5.41) is 3.45. The van der Waals surface area contributed by atoms with Gasteiger partial charge in [0.2, 0.25) is 21.8 Å². The lowest BCUT2D eigenvalue weighted by atomic mass is 10.0. The normalized spacial score (nSPS) is 12.0. The second kappa shape index (κ2) is 14.9.